The second-order valence-corrected chi connectivity index (χ2v) is 8.99. The molecule has 0 unspecified atom stereocenters. The van der Waals surface area contributed by atoms with Crippen molar-refractivity contribution in [2.24, 2.45) is 4.99 Å². The second-order valence-electron chi connectivity index (χ2n) is 8.99. The van der Waals surface area contributed by atoms with E-state index in [1.54, 1.807) is 29.0 Å². The summed E-state index contributed by atoms with van der Waals surface area (Å²) in [6, 6.07) is 12.7. The SMILES string of the molecule is Cc1ccc(C(=O)N=c2c(C#N)cc3c(=O)n4cccc(C)c4nc3n2C[C@@H]2CCCO2)cc1C. The molecule has 35 heavy (non-hydrogen) atoms. The molecule has 176 valence electrons. The number of nitrogens with zero attached hydrogens (tertiary/aromatic N) is 5. The molecule has 0 radical (unpaired) electrons. The summed E-state index contributed by atoms with van der Waals surface area (Å²) in [6.07, 6.45) is 3.30. The quantitative estimate of drug-likeness (QED) is 0.430. The van der Waals surface area contributed by atoms with Crippen molar-refractivity contribution in [3.05, 3.63) is 86.3 Å². The van der Waals surface area contributed by atoms with Crippen LogP contribution in [0.5, 0.6) is 0 Å². The normalized spacial score (nSPS) is 16.2. The van der Waals surface area contributed by atoms with Crippen LogP contribution in [0.4, 0.5) is 0 Å². The number of amides is 1. The van der Waals surface area contributed by atoms with Gasteiger partial charge in [0.05, 0.1) is 23.6 Å². The molecule has 1 aromatic carbocycles. The number of benzene rings is 1. The highest BCUT2D eigenvalue weighted by atomic mass is 16.5. The molecule has 0 saturated carbocycles. The van der Waals surface area contributed by atoms with Crippen LogP contribution in [0.3, 0.4) is 0 Å². The highest BCUT2D eigenvalue weighted by Crippen LogP contribution is 2.18. The average Bonchev–Trinajstić information content (AvgIpc) is 3.36. The van der Waals surface area contributed by atoms with Gasteiger partial charge < -0.3 is 9.30 Å². The molecular weight excluding hydrogens is 442 g/mol. The van der Waals surface area contributed by atoms with Gasteiger partial charge in [-0.25, -0.2) is 4.98 Å². The van der Waals surface area contributed by atoms with Gasteiger partial charge in [-0.2, -0.15) is 10.3 Å². The Morgan fingerprint density at radius 3 is 2.71 bits per heavy atom. The molecule has 1 saturated heterocycles. The maximum Gasteiger partial charge on any atom is 0.279 e. The first kappa shape index (κ1) is 22.7. The summed E-state index contributed by atoms with van der Waals surface area (Å²) >= 11 is 0. The van der Waals surface area contributed by atoms with Crippen molar-refractivity contribution in [3.8, 4) is 6.07 Å². The standard InChI is InChI=1S/C27H25N5O3/c1-16-8-9-19(12-18(16)3)26(33)30-24-20(14-28)13-22-25(32(24)15-21-7-5-11-35-21)29-23-17(2)6-4-10-31(23)27(22)34/h4,6,8-10,12-13,21H,5,7,11,15H2,1-3H3/t21-/m0/s1. The summed E-state index contributed by atoms with van der Waals surface area (Å²) in [5.74, 6) is -0.460. The Balaban J connectivity index is 1.84. The lowest BCUT2D eigenvalue weighted by Crippen LogP contribution is -2.33. The first-order chi connectivity index (χ1) is 16.9. The van der Waals surface area contributed by atoms with E-state index < -0.39 is 5.91 Å². The van der Waals surface area contributed by atoms with Crippen LogP contribution in [0.15, 0.2) is 52.4 Å². The van der Waals surface area contributed by atoms with Crippen molar-refractivity contribution < 1.29 is 9.53 Å². The van der Waals surface area contributed by atoms with Crippen LogP contribution in [0, 0.1) is 32.1 Å². The van der Waals surface area contributed by atoms with E-state index in [0.717, 1.165) is 29.5 Å². The van der Waals surface area contributed by atoms with E-state index in [1.165, 1.54) is 10.5 Å². The lowest BCUT2D eigenvalue weighted by atomic mass is 10.1. The fourth-order valence-electron chi connectivity index (χ4n) is 4.49. The minimum atomic E-state index is -0.460. The molecule has 1 fully saturated rings. The van der Waals surface area contributed by atoms with Gasteiger partial charge in [0.15, 0.2) is 5.49 Å². The number of hydrogen-bond acceptors (Lipinski definition) is 5. The summed E-state index contributed by atoms with van der Waals surface area (Å²) in [7, 11) is 0. The molecule has 4 aromatic rings. The second kappa shape index (κ2) is 8.93. The number of ether oxygens (including phenoxy) is 1. The van der Waals surface area contributed by atoms with Crippen LogP contribution in [-0.2, 0) is 11.3 Å². The molecule has 0 N–H and O–H groups in total. The van der Waals surface area contributed by atoms with Gasteiger partial charge in [0.1, 0.15) is 17.4 Å². The first-order valence-corrected chi connectivity index (χ1v) is 11.6. The molecule has 3 aromatic heterocycles. The van der Waals surface area contributed by atoms with Crippen molar-refractivity contribution in [1.29, 1.82) is 5.26 Å². The minimum Gasteiger partial charge on any atom is -0.376 e. The third-order valence-electron chi connectivity index (χ3n) is 6.60. The Labute approximate surface area is 201 Å². The van der Waals surface area contributed by atoms with Crippen molar-refractivity contribution >= 4 is 22.6 Å². The zero-order valence-electron chi connectivity index (χ0n) is 19.9. The highest BCUT2D eigenvalue weighted by Gasteiger charge is 2.21. The van der Waals surface area contributed by atoms with Gasteiger partial charge in [-0.1, -0.05) is 12.1 Å². The molecule has 5 rings (SSSR count). The zero-order valence-corrected chi connectivity index (χ0v) is 19.9. The highest BCUT2D eigenvalue weighted by molar-refractivity contribution is 5.95. The number of carbonyl (C=O) groups excluding carboxylic acids is 1. The fourth-order valence-corrected chi connectivity index (χ4v) is 4.49. The predicted octanol–water partition coefficient (Wildman–Crippen LogP) is 3.37. The third kappa shape index (κ3) is 4.04. The molecule has 4 heterocycles. The van der Waals surface area contributed by atoms with Gasteiger partial charge in [-0.05, 0) is 74.6 Å². The molecule has 1 aliphatic rings. The average molecular weight is 468 g/mol. The number of hydrogen-bond donors (Lipinski definition) is 0. The zero-order chi connectivity index (χ0) is 24.7. The monoisotopic (exact) mass is 467 g/mol. The number of pyridine rings is 2. The van der Waals surface area contributed by atoms with Gasteiger partial charge in [0.2, 0.25) is 0 Å². The van der Waals surface area contributed by atoms with Crippen LogP contribution in [-0.4, -0.2) is 32.6 Å². The van der Waals surface area contributed by atoms with Crippen molar-refractivity contribution in [2.75, 3.05) is 6.61 Å². The summed E-state index contributed by atoms with van der Waals surface area (Å²) in [4.78, 5) is 35.8. The van der Waals surface area contributed by atoms with Crippen LogP contribution >= 0.6 is 0 Å². The van der Waals surface area contributed by atoms with E-state index in [0.29, 0.717) is 35.4 Å². The van der Waals surface area contributed by atoms with Gasteiger partial charge in [-0.3, -0.25) is 14.0 Å². The Bertz CT molecular complexity index is 1670. The van der Waals surface area contributed by atoms with Gasteiger partial charge in [0, 0.05) is 18.4 Å². The fraction of sp³-hybridized carbons (Fsp3) is 0.296. The molecule has 8 nitrogen and oxygen atoms in total. The van der Waals surface area contributed by atoms with Crippen LogP contribution in [0.25, 0.3) is 16.7 Å². The molecular formula is C27H25N5O3. The van der Waals surface area contributed by atoms with Gasteiger partial charge in [0.25, 0.3) is 11.5 Å². The Morgan fingerprint density at radius 2 is 2.00 bits per heavy atom. The molecule has 1 atom stereocenters. The Hall–Kier alpha value is -4.09. The van der Waals surface area contributed by atoms with Gasteiger partial charge in [-0.15, -0.1) is 0 Å². The van der Waals surface area contributed by atoms with E-state index in [-0.39, 0.29) is 22.7 Å². The van der Waals surface area contributed by atoms with E-state index in [9.17, 15) is 14.9 Å². The predicted molar refractivity (Wildman–Crippen MR) is 131 cm³/mol. The molecule has 1 aliphatic heterocycles. The van der Waals surface area contributed by atoms with Crippen LogP contribution < -0.4 is 11.0 Å². The maximum atomic E-state index is 13.4. The third-order valence-corrected chi connectivity index (χ3v) is 6.60. The Morgan fingerprint density at radius 1 is 1.17 bits per heavy atom. The number of carbonyl (C=O) groups is 1. The number of rotatable bonds is 3. The maximum absolute atomic E-state index is 13.4. The smallest absolute Gasteiger partial charge is 0.279 e. The lowest BCUT2D eigenvalue weighted by Gasteiger charge is -2.17. The molecule has 1 amide bonds. The summed E-state index contributed by atoms with van der Waals surface area (Å²) in [5, 5.41) is 10.3. The largest absolute Gasteiger partial charge is 0.376 e. The van der Waals surface area contributed by atoms with E-state index in [1.807, 2.05) is 32.9 Å². The molecule has 0 spiro atoms. The van der Waals surface area contributed by atoms with Crippen molar-refractivity contribution in [1.82, 2.24) is 14.0 Å². The number of aryl methyl sites for hydroxylation is 3. The summed E-state index contributed by atoms with van der Waals surface area (Å²) in [5.41, 5.74) is 4.26. The first-order valence-electron chi connectivity index (χ1n) is 11.6. The minimum absolute atomic E-state index is 0.125. The molecule has 0 bridgehead atoms. The topological polar surface area (TPSA) is 102 Å². The van der Waals surface area contributed by atoms with Crippen LogP contribution in [0.2, 0.25) is 0 Å². The number of aromatic nitrogens is 3. The van der Waals surface area contributed by atoms with Crippen molar-refractivity contribution in [2.45, 2.75) is 46.3 Å². The number of nitriles is 1. The van der Waals surface area contributed by atoms with Gasteiger partial charge >= 0.3 is 0 Å². The summed E-state index contributed by atoms with van der Waals surface area (Å²) in [6.45, 7) is 6.78. The molecule has 8 heteroatoms. The van der Waals surface area contributed by atoms with E-state index >= 15 is 0 Å². The summed E-state index contributed by atoms with van der Waals surface area (Å²) < 4.78 is 9.04. The van der Waals surface area contributed by atoms with Crippen molar-refractivity contribution in [3.63, 3.8) is 0 Å². The van der Waals surface area contributed by atoms with E-state index in [4.69, 9.17) is 9.72 Å². The number of fused-ring (bicyclic) bond motifs is 2. The Kier molecular flexibility index (Phi) is 5.79. The molecule has 0 aliphatic carbocycles. The lowest BCUT2D eigenvalue weighted by molar-refractivity contribution is 0.0952. The van der Waals surface area contributed by atoms with E-state index in [2.05, 4.69) is 11.1 Å². The van der Waals surface area contributed by atoms with Crippen LogP contribution in [0.1, 0.15) is 45.5 Å².